The van der Waals surface area contributed by atoms with Gasteiger partial charge in [0.15, 0.2) is 5.76 Å². The van der Waals surface area contributed by atoms with Crippen molar-refractivity contribution in [3.05, 3.63) is 41.1 Å². The summed E-state index contributed by atoms with van der Waals surface area (Å²) in [6, 6.07) is 3.44. The first-order valence-corrected chi connectivity index (χ1v) is 7.12. The number of carbonyl (C=O) groups is 1. The number of hydrogen-bond donors (Lipinski definition) is 1. The predicted molar refractivity (Wildman–Crippen MR) is 80.6 cm³/mol. The smallest absolute Gasteiger partial charge is 0.286 e. The Morgan fingerprint density at radius 1 is 1.48 bits per heavy atom. The van der Waals surface area contributed by atoms with Crippen LogP contribution in [0.1, 0.15) is 22.7 Å². The SMILES string of the molecule is CN(C)CCCNC(=O)c1ccc(Cn2cc(Cl)cn2)o1. The van der Waals surface area contributed by atoms with Crippen LogP contribution in [-0.4, -0.2) is 47.8 Å². The molecule has 0 aliphatic carbocycles. The molecule has 0 radical (unpaired) electrons. The molecule has 114 valence electrons. The highest BCUT2D eigenvalue weighted by Gasteiger charge is 2.11. The van der Waals surface area contributed by atoms with Gasteiger partial charge in [-0.1, -0.05) is 11.6 Å². The van der Waals surface area contributed by atoms with Gasteiger partial charge in [-0.15, -0.1) is 0 Å². The van der Waals surface area contributed by atoms with Gasteiger partial charge in [0.1, 0.15) is 5.76 Å². The Bertz CT molecular complexity index is 591. The van der Waals surface area contributed by atoms with Crippen molar-refractivity contribution in [1.29, 1.82) is 0 Å². The van der Waals surface area contributed by atoms with Crippen molar-refractivity contribution in [2.45, 2.75) is 13.0 Å². The molecule has 1 amide bonds. The van der Waals surface area contributed by atoms with Crippen molar-refractivity contribution >= 4 is 17.5 Å². The number of hydrogen-bond acceptors (Lipinski definition) is 4. The predicted octanol–water partition coefficient (Wildman–Crippen LogP) is 1.86. The van der Waals surface area contributed by atoms with Crippen molar-refractivity contribution in [3.8, 4) is 0 Å². The van der Waals surface area contributed by atoms with Crippen molar-refractivity contribution < 1.29 is 9.21 Å². The molecule has 0 aromatic carbocycles. The summed E-state index contributed by atoms with van der Waals surface area (Å²) in [4.78, 5) is 14.0. The second-order valence-electron chi connectivity index (χ2n) is 5.03. The van der Waals surface area contributed by atoms with Crippen molar-refractivity contribution in [3.63, 3.8) is 0 Å². The van der Waals surface area contributed by atoms with Crippen LogP contribution in [0.2, 0.25) is 5.02 Å². The molecule has 0 bridgehead atoms. The van der Waals surface area contributed by atoms with Crippen LogP contribution in [0.3, 0.4) is 0 Å². The molecule has 0 fully saturated rings. The molecular weight excluding hydrogens is 292 g/mol. The zero-order valence-corrected chi connectivity index (χ0v) is 12.9. The molecule has 0 saturated carbocycles. The van der Waals surface area contributed by atoms with Gasteiger partial charge in [0, 0.05) is 12.7 Å². The Hall–Kier alpha value is -1.79. The molecule has 0 atom stereocenters. The summed E-state index contributed by atoms with van der Waals surface area (Å²) < 4.78 is 7.16. The fourth-order valence-corrected chi connectivity index (χ4v) is 2.01. The maximum atomic E-state index is 11.9. The average Bonchev–Trinajstić information content (AvgIpc) is 3.04. The van der Waals surface area contributed by atoms with E-state index < -0.39 is 0 Å². The number of furan rings is 1. The summed E-state index contributed by atoms with van der Waals surface area (Å²) in [5, 5.41) is 7.46. The molecule has 2 rings (SSSR count). The van der Waals surface area contributed by atoms with Crippen molar-refractivity contribution in [2.75, 3.05) is 27.2 Å². The summed E-state index contributed by atoms with van der Waals surface area (Å²) >= 11 is 5.79. The Kier molecular flexibility index (Phi) is 5.41. The van der Waals surface area contributed by atoms with Gasteiger partial charge in [0.25, 0.3) is 5.91 Å². The first-order valence-electron chi connectivity index (χ1n) is 6.74. The lowest BCUT2D eigenvalue weighted by molar-refractivity contribution is 0.0922. The summed E-state index contributed by atoms with van der Waals surface area (Å²) in [5.74, 6) is 0.778. The van der Waals surface area contributed by atoms with Crippen molar-refractivity contribution in [1.82, 2.24) is 20.0 Å². The third kappa shape index (κ3) is 4.91. The molecule has 0 aliphatic rings. The molecule has 2 heterocycles. The zero-order valence-electron chi connectivity index (χ0n) is 12.2. The maximum absolute atomic E-state index is 11.9. The Morgan fingerprint density at radius 2 is 2.29 bits per heavy atom. The van der Waals surface area contributed by atoms with Crippen LogP contribution in [0.5, 0.6) is 0 Å². The van der Waals surface area contributed by atoms with Crippen LogP contribution < -0.4 is 5.32 Å². The summed E-state index contributed by atoms with van der Waals surface area (Å²) in [5.41, 5.74) is 0. The first-order chi connectivity index (χ1) is 10.0. The van der Waals surface area contributed by atoms with Crippen LogP contribution in [-0.2, 0) is 6.54 Å². The maximum Gasteiger partial charge on any atom is 0.286 e. The topological polar surface area (TPSA) is 63.3 Å². The van der Waals surface area contributed by atoms with Crippen LogP contribution in [0.4, 0.5) is 0 Å². The van der Waals surface area contributed by atoms with E-state index in [4.69, 9.17) is 16.0 Å². The Balaban J connectivity index is 1.83. The molecule has 2 aromatic heterocycles. The third-order valence-corrected chi connectivity index (χ3v) is 3.07. The number of amides is 1. The Labute approximate surface area is 128 Å². The lowest BCUT2D eigenvalue weighted by Gasteiger charge is -2.09. The molecule has 0 aliphatic heterocycles. The van der Waals surface area contributed by atoms with Gasteiger partial charge < -0.3 is 14.6 Å². The zero-order chi connectivity index (χ0) is 15.2. The lowest BCUT2D eigenvalue weighted by Crippen LogP contribution is -2.26. The molecule has 21 heavy (non-hydrogen) atoms. The molecule has 1 N–H and O–H groups in total. The second-order valence-corrected chi connectivity index (χ2v) is 5.47. The first kappa shape index (κ1) is 15.6. The minimum atomic E-state index is -0.196. The number of aromatic nitrogens is 2. The number of rotatable bonds is 7. The van der Waals surface area contributed by atoms with Crippen LogP contribution >= 0.6 is 11.6 Å². The van der Waals surface area contributed by atoms with E-state index in [1.807, 2.05) is 14.1 Å². The lowest BCUT2D eigenvalue weighted by atomic mass is 10.3. The molecule has 7 heteroatoms. The van der Waals surface area contributed by atoms with E-state index in [0.29, 0.717) is 29.6 Å². The number of carbonyl (C=O) groups excluding carboxylic acids is 1. The fraction of sp³-hybridized carbons (Fsp3) is 0.429. The van der Waals surface area contributed by atoms with E-state index in [9.17, 15) is 4.79 Å². The standard InChI is InChI=1S/C14H19ClN4O2/c1-18(2)7-3-6-16-14(20)13-5-4-12(21-13)10-19-9-11(15)8-17-19/h4-5,8-9H,3,6-7,10H2,1-2H3,(H,16,20). The summed E-state index contributed by atoms with van der Waals surface area (Å²) in [6.07, 6.45) is 4.16. The molecular formula is C14H19ClN4O2. The van der Waals surface area contributed by atoms with E-state index in [0.717, 1.165) is 13.0 Å². The van der Waals surface area contributed by atoms with Crippen molar-refractivity contribution in [2.24, 2.45) is 0 Å². The minimum absolute atomic E-state index is 0.196. The second kappa shape index (κ2) is 7.28. The van der Waals surface area contributed by atoms with Crippen LogP contribution in [0.25, 0.3) is 0 Å². The summed E-state index contributed by atoms with van der Waals surface area (Å²) in [7, 11) is 4.00. The fourth-order valence-electron chi connectivity index (χ4n) is 1.85. The normalized spacial score (nSPS) is 11.0. The van der Waals surface area contributed by atoms with Gasteiger partial charge in [-0.05, 0) is 39.2 Å². The monoisotopic (exact) mass is 310 g/mol. The highest BCUT2D eigenvalue weighted by atomic mass is 35.5. The van der Waals surface area contributed by atoms with E-state index in [1.165, 1.54) is 0 Å². The Morgan fingerprint density at radius 3 is 2.95 bits per heavy atom. The highest BCUT2D eigenvalue weighted by Crippen LogP contribution is 2.11. The van der Waals surface area contributed by atoms with Gasteiger partial charge >= 0.3 is 0 Å². The van der Waals surface area contributed by atoms with E-state index >= 15 is 0 Å². The third-order valence-electron chi connectivity index (χ3n) is 2.87. The van der Waals surface area contributed by atoms with Gasteiger partial charge in [-0.2, -0.15) is 5.10 Å². The molecule has 0 spiro atoms. The number of nitrogens with zero attached hydrogens (tertiary/aromatic N) is 3. The minimum Gasteiger partial charge on any atom is -0.454 e. The van der Waals surface area contributed by atoms with Crippen LogP contribution in [0, 0.1) is 0 Å². The van der Waals surface area contributed by atoms with Gasteiger partial charge in [-0.3, -0.25) is 9.48 Å². The number of halogens is 1. The van der Waals surface area contributed by atoms with Gasteiger partial charge in [0.05, 0.1) is 17.8 Å². The van der Waals surface area contributed by atoms with Gasteiger partial charge in [0.2, 0.25) is 0 Å². The van der Waals surface area contributed by atoms with Crippen LogP contribution in [0.15, 0.2) is 28.9 Å². The molecule has 0 unspecified atom stereocenters. The largest absolute Gasteiger partial charge is 0.454 e. The highest BCUT2D eigenvalue weighted by molar-refractivity contribution is 6.30. The van der Waals surface area contributed by atoms with E-state index in [1.54, 1.807) is 29.2 Å². The number of nitrogens with one attached hydrogen (secondary N) is 1. The molecule has 2 aromatic rings. The molecule has 6 nitrogen and oxygen atoms in total. The molecule has 0 saturated heterocycles. The van der Waals surface area contributed by atoms with E-state index in [-0.39, 0.29) is 5.91 Å². The quantitative estimate of drug-likeness (QED) is 0.793. The van der Waals surface area contributed by atoms with E-state index in [2.05, 4.69) is 15.3 Å². The summed E-state index contributed by atoms with van der Waals surface area (Å²) in [6.45, 7) is 2.01. The average molecular weight is 311 g/mol. The van der Waals surface area contributed by atoms with Gasteiger partial charge in [-0.25, -0.2) is 0 Å².